The maximum atomic E-state index is 3.36. The number of hydrogen-bond acceptors (Lipinski definition) is 1. The first kappa shape index (κ1) is 6.71. The lowest BCUT2D eigenvalue weighted by molar-refractivity contribution is 0.594. The van der Waals surface area contributed by atoms with Gasteiger partial charge in [-0.25, -0.2) is 0 Å². The predicted molar refractivity (Wildman–Crippen MR) is 46.6 cm³/mol. The third kappa shape index (κ3) is 1.23. The largest absolute Gasteiger partial charge is 0.384 e. The molecule has 0 aromatic heterocycles. The maximum Gasteiger partial charge on any atom is 0.0453 e. The van der Waals surface area contributed by atoms with E-state index < -0.39 is 0 Å². The summed E-state index contributed by atoms with van der Waals surface area (Å²) in [5, 5.41) is 3.36. The molecule has 1 heterocycles. The first-order chi connectivity index (χ1) is 5.36. The Bertz CT molecular complexity index is 255. The van der Waals surface area contributed by atoms with Crippen LogP contribution in [-0.2, 0) is 6.42 Å². The molecule has 0 aliphatic carbocycles. The zero-order chi connectivity index (χ0) is 7.68. The van der Waals surface area contributed by atoms with Crippen LogP contribution in [0.5, 0.6) is 0 Å². The van der Waals surface area contributed by atoms with Gasteiger partial charge in [-0.1, -0.05) is 25.1 Å². The van der Waals surface area contributed by atoms with Crippen LogP contribution in [0.4, 0.5) is 5.69 Å². The van der Waals surface area contributed by atoms with Gasteiger partial charge in [0.2, 0.25) is 0 Å². The number of fused-ring (bicyclic) bond motifs is 1. The van der Waals surface area contributed by atoms with Gasteiger partial charge in [-0.3, -0.25) is 0 Å². The van der Waals surface area contributed by atoms with E-state index in [0.717, 1.165) is 12.5 Å². The molecule has 11 heavy (non-hydrogen) atoms. The minimum Gasteiger partial charge on any atom is -0.384 e. The van der Waals surface area contributed by atoms with Gasteiger partial charge in [0.05, 0.1) is 0 Å². The summed E-state index contributed by atoms with van der Waals surface area (Å²) in [5.74, 6) is 0.762. The quantitative estimate of drug-likeness (QED) is 0.591. The second kappa shape index (κ2) is 2.57. The molecule has 1 aromatic rings. The second-order valence-electron chi connectivity index (χ2n) is 3.26. The molecule has 0 saturated carbocycles. The van der Waals surface area contributed by atoms with E-state index in [1.165, 1.54) is 17.7 Å². The molecule has 2 rings (SSSR count). The third-order valence-electron chi connectivity index (χ3n) is 2.14. The van der Waals surface area contributed by atoms with Crippen LogP contribution in [0, 0.1) is 12.0 Å². The summed E-state index contributed by atoms with van der Waals surface area (Å²) in [6.45, 7) is 3.36. The molecule has 0 bridgehead atoms. The van der Waals surface area contributed by atoms with Crippen LogP contribution >= 0.6 is 0 Å². The molecule has 1 atom stereocenters. The van der Waals surface area contributed by atoms with Crippen LogP contribution in [0.1, 0.15) is 12.5 Å². The zero-order valence-electron chi connectivity index (χ0n) is 6.72. The Morgan fingerprint density at radius 2 is 2.55 bits per heavy atom. The van der Waals surface area contributed by atoms with E-state index in [4.69, 9.17) is 0 Å². The van der Waals surface area contributed by atoms with Gasteiger partial charge in [-0.05, 0) is 17.9 Å². The van der Waals surface area contributed by atoms with Crippen molar-refractivity contribution in [3.63, 3.8) is 0 Å². The minimum atomic E-state index is 0.762. The summed E-state index contributed by atoms with van der Waals surface area (Å²) >= 11 is 0. The van der Waals surface area contributed by atoms with Gasteiger partial charge >= 0.3 is 0 Å². The van der Waals surface area contributed by atoms with Crippen LogP contribution in [0.2, 0.25) is 0 Å². The van der Waals surface area contributed by atoms with Crippen molar-refractivity contribution >= 4 is 5.69 Å². The van der Waals surface area contributed by atoms with E-state index in [0.29, 0.717) is 0 Å². The Morgan fingerprint density at radius 3 is 3.45 bits per heavy atom. The van der Waals surface area contributed by atoms with Crippen LogP contribution in [0.3, 0.4) is 0 Å². The second-order valence-corrected chi connectivity index (χ2v) is 3.26. The van der Waals surface area contributed by atoms with Crippen LogP contribution in [0.15, 0.2) is 18.2 Å². The Balaban J connectivity index is 2.34. The highest BCUT2D eigenvalue weighted by Crippen LogP contribution is 2.22. The molecule has 0 amide bonds. The highest BCUT2D eigenvalue weighted by Gasteiger charge is 2.12. The SMILES string of the molecule is CC1CNc2[c]cccc2C1. The summed E-state index contributed by atoms with van der Waals surface area (Å²) in [5.41, 5.74) is 2.61. The van der Waals surface area contributed by atoms with Crippen molar-refractivity contribution in [1.82, 2.24) is 0 Å². The third-order valence-corrected chi connectivity index (χ3v) is 2.14. The van der Waals surface area contributed by atoms with E-state index >= 15 is 0 Å². The van der Waals surface area contributed by atoms with E-state index in [2.05, 4.69) is 30.4 Å². The molecule has 1 nitrogen and oxygen atoms in total. The molecule has 0 fully saturated rings. The highest BCUT2D eigenvalue weighted by molar-refractivity contribution is 5.51. The number of benzene rings is 1. The lowest BCUT2D eigenvalue weighted by Gasteiger charge is -2.22. The predicted octanol–water partition coefficient (Wildman–Crippen LogP) is 2.09. The number of para-hydroxylation sites is 1. The molecule has 0 saturated heterocycles. The van der Waals surface area contributed by atoms with Crippen molar-refractivity contribution in [3.05, 3.63) is 29.8 Å². The van der Waals surface area contributed by atoms with Crippen molar-refractivity contribution in [3.8, 4) is 0 Å². The van der Waals surface area contributed by atoms with Crippen LogP contribution in [-0.4, -0.2) is 6.54 Å². The summed E-state index contributed by atoms with van der Waals surface area (Å²) < 4.78 is 0. The Kier molecular flexibility index (Phi) is 1.57. The van der Waals surface area contributed by atoms with Gasteiger partial charge in [0, 0.05) is 18.3 Å². The molecule has 1 unspecified atom stereocenters. The van der Waals surface area contributed by atoms with Gasteiger partial charge in [0.15, 0.2) is 0 Å². The molecule has 1 aliphatic heterocycles. The first-order valence-electron chi connectivity index (χ1n) is 4.09. The van der Waals surface area contributed by atoms with Gasteiger partial charge in [0.25, 0.3) is 0 Å². The summed E-state index contributed by atoms with van der Waals surface area (Å²) in [6, 6.07) is 9.39. The number of hydrogen-bond donors (Lipinski definition) is 1. The van der Waals surface area contributed by atoms with Crippen LogP contribution in [0.25, 0.3) is 0 Å². The topological polar surface area (TPSA) is 12.0 Å². The van der Waals surface area contributed by atoms with E-state index in [-0.39, 0.29) is 0 Å². The monoisotopic (exact) mass is 146 g/mol. The van der Waals surface area contributed by atoms with Crippen molar-refractivity contribution in [2.24, 2.45) is 5.92 Å². The van der Waals surface area contributed by atoms with Gasteiger partial charge < -0.3 is 5.32 Å². The van der Waals surface area contributed by atoms with Gasteiger partial charge in [-0.2, -0.15) is 0 Å². The molecular formula is C10H12N. The fourth-order valence-corrected chi connectivity index (χ4v) is 1.53. The highest BCUT2D eigenvalue weighted by atomic mass is 14.9. The van der Waals surface area contributed by atoms with Gasteiger partial charge in [-0.15, -0.1) is 0 Å². The van der Waals surface area contributed by atoms with Crippen molar-refractivity contribution in [1.29, 1.82) is 0 Å². The average molecular weight is 146 g/mol. The van der Waals surface area contributed by atoms with E-state index in [1.54, 1.807) is 0 Å². The van der Waals surface area contributed by atoms with Gasteiger partial charge in [0.1, 0.15) is 0 Å². The number of rotatable bonds is 0. The smallest absolute Gasteiger partial charge is 0.0453 e. The van der Waals surface area contributed by atoms with E-state index in [9.17, 15) is 0 Å². The lowest BCUT2D eigenvalue weighted by Crippen LogP contribution is -2.20. The summed E-state index contributed by atoms with van der Waals surface area (Å²) in [6.07, 6.45) is 1.19. The lowest BCUT2D eigenvalue weighted by atomic mass is 9.96. The summed E-state index contributed by atoms with van der Waals surface area (Å²) in [7, 11) is 0. The number of anilines is 1. The Labute approximate surface area is 67.4 Å². The van der Waals surface area contributed by atoms with E-state index in [1.807, 2.05) is 6.07 Å². The molecule has 1 N–H and O–H groups in total. The fourth-order valence-electron chi connectivity index (χ4n) is 1.53. The normalized spacial score (nSPS) is 22.1. The van der Waals surface area contributed by atoms with Crippen molar-refractivity contribution < 1.29 is 0 Å². The van der Waals surface area contributed by atoms with Crippen LogP contribution < -0.4 is 5.32 Å². The molecule has 1 radical (unpaired) electrons. The standard InChI is InChI=1S/C10H12N/c1-8-6-9-4-2-3-5-10(9)11-7-8/h2-4,8,11H,6-7H2,1H3. The Hall–Kier alpha value is -0.980. The molecule has 1 heteroatoms. The number of nitrogens with one attached hydrogen (secondary N) is 1. The molecular weight excluding hydrogens is 134 g/mol. The molecule has 57 valence electrons. The van der Waals surface area contributed by atoms with Crippen molar-refractivity contribution in [2.75, 3.05) is 11.9 Å². The zero-order valence-corrected chi connectivity index (χ0v) is 6.72. The minimum absolute atomic E-state index is 0.762. The fraction of sp³-hybridized carbons (Fsp3) is 0.400. The average Bonchev–Trinajstić information content (AvgIpc) is 2.04. The first-order valence-corrected chi connectivity index (χ1v) is 4.09. The van der Waals surface area contributed by atoms with Crippen molar-refractivity contribution in [2.45, 2.75) is 13.3 Å². The molecule has 1 aliphatic rings. The molecule has 1 aromatic carbocycles. The maximum absolute atomic E-state index is 3.36. The molecule has 0 spiro atoms. The Morgan fingerprint density at radius 1 is 1.64 bits per heavy atom. The summed E-state index contributed by atoms with van der Waals surface area (Å²) in [4.78, 5) is 0.